The average molecular weight is 266 g/mol. The number of hydrogen-bond donors (Lipinski definition) is 1. The number of aryl methyl sites for hydroxylation is 1. The summed E-state index contributed by atoms with van der Waals surface area (Å²) in [5.74, 6) is 2.00. The number of carbonyl (C=O) groups is 1. The van der Waals surface area contributed by atoms with Crippen molar-refractivity contribution < 1.29 is 4.79 Å². The fraction of sp³-hybridized carbons (Fsp3) is 0.500. The third-order valence-electron chi connectivity index (χ3n) is 2.56. The molecule has 17 heavy (non-hydrogen) atoms. The van der Waals surface area contributed by atoms with E-state index < -0.39 is 5.54 Å². The fourth-order valence-electron chi connectivity index (χ4n) is 1.63. The van der Waals surface area contributed by atoms with Crippen LogP contribution < -0.4 is 5.32 Å². The van der Waals surface area contributed by atoms with Crippen molar-refractivity contribution in [1.29, 1.82) is 5.26 Å². The normalized spacial score (nSPS) is 14.9. The molecule has 0 bridgehead atoms. The third kappa shape index (κ3) is 2.82. The first-order valence-electron chi connectivity index (χ1n) is 5.45. The Morgan fingerprint density at radius 3 is 3.00 bits per heavy atom. The Kier molecular flexibility index (Phi) is 3.45. The first-order chi connectivity index (χ1) is 8.02. The van der Waals surface area contributed by atoms with Crippen molar-refractivity contribution in [3.05, 3.63) is 21.4 Å². The summed E-state index contributed by atoms with van der Waals surface area (Å²) in [5, 5.41) is 11.6. The van der Waals surface area contributed by atoms with E-state index in [9.17, 15) is 4.79 Å². The molecule has 2 rings (SSSR count). The van der Waals surface area contributed by atoms with Crippen LogP contribution in [0.15, 0.2) is 6.07 Å². The summed E-state index contributed by atoms with van der Waals surface area (Å²) in [6, 6.07) is 4.04. The van der Waals surface area contributed by atoms with Crippen LogP contribution in [0.1, 0.15) is 34.0 Å². The predicted molar refractivity (Wildman–Crippen MR) is 71.3 cm³/mol. The van der Waals surface area contributed by atoms with E-state index in [0.29, 0.717) is 0 Å². The van der Waals surface area contributed by atoms with E-state index in [0.717, 1.165) is 22.8 Å². The molecule has 2 heterocycles. The smallest absolute Gasteiger partial charge is 0.262 e. The van der Waals surface area contributed by atoms with E-state index in [1.54, 1.807) is 25.2 Å². The molecule has 0 atom stereocenters. The number of thioether (sulfide) groups is 1. The monoisotopic (exact) mass is 266 g/mol. The number of amides is 1. The second kappa shape index (κ2) is 4.71. The SMILES string of the molecule is CC(C)(C#N)NC(=O)c1cc2c(s1)CCSC2. The minimum atomic E-state index is -0.809. The van der Waals surface area contributed by atoms with Gasteiger partial charge in [0.05, 0.1) is 10.9 Å². The van der Waals surface area contributed by atoms with E-state index in [2.05, 4.69) is 11.4 Å². The zero-order chi connectivity index (χ0) is 12.5. The van der Waals surface area contributed by atoms with Gasteiger partial charge in [-0.25, -0.2) is 0 Å². The number of fused-ring (bicyclic) bond motifs is 1. The Morgan fingerprint density at radius 2 is 2.35 bits per heavy atom. The quantitative estimate of drug-likeness (QED) is 0.895. The molecular formula is C12H14N2OS2. The predicted octanol–water partition coefficient (Wildman–Crippen LogP) is 2.57. The second-order valence-corrected chi connectivity index (χ2v) is 6.79. The number of thiophene rings is 1. The van der Waals surface area contributed by atoms with Crippen molar-refractivity contribution in [1.82, 2.24) is 5.32 Å². The summed E-state index contributed by atoms with van der Waals surface area (Å²) in [4.78, 5) is 14.0. The highest BCUT2D eigenvalue weighted by atomic mass is 32.2. The molecular weight excluding hydrogens is 252 g/mol. The molecule has 0 saturated heterocycles. The summed E-state index contributed by atoms with van der Waals surface area (Å²) in [6.45, 7) is 3.41. The van der Waals surface area contributed by atoms with E-state index >= 15 is 0 Å². The van der Waals surface area contributed by atoms with Crippen molar-refractivity contribution >= 4 is 29.0 Å². The van der Waals surface area contributed by atoms with Crippen molar-refractivity contribution in [3.63, 3.8) is 0 Å². The van der Waals surface area contributed by atoms with Gasteiger partial charge in [-0.1, -0.05) is 0 Å². The lowest BCUT2D eigenvalue weighted by molar-refractivity contribution is 0.0933. The van der Waals surface area contributed by atoms with E-state index in [4.69, 9.17) is 5.26 Å². The maximum Gasteiger partial charge on any atom is 0.262 e. The Hall–Kier alpha value is -0.990. The zero-order valence-corrected chi connectivity index (χ0v) is 11.5. The topological polar surface area (TPSA) is 52.9 Å². The van der Waals surface area contributed by atoms with E-state index in [1.807, 2.05) is 17.8 Å². The number of hydrogen-bond acceptors (Lipinski definition) is 4. The summed E-state index contributed by atoms with van der Waals surface area (Å²) >= 11 is 3.46. The summed E-state index contributed by atoms with van der Waals surface area (Å²) in [6.07, 6.45) is 1.06. The molecule has 0 aromatic carbocycles. The zero-order valence-electron chi connectivity index (χ0n) is 9.87. The molecule has 5 heteroatoms. The highest BCUT2D eigenvalue weighted by Gasteiger charge is 2.23. The van der Waals surface area contributed by atoms with Crippen molar-refractivity contribution in [2.75, 3.05) is 5.75 Å². The van der Waals surface area contributed by atoms with Crippen molar-refractivity contribution in [3.8, 4) is 6.07 Å². The molecule has 1 aromatic heterocycles. The van der Waals surface area contributed by atoms with Crippen LogP contribution in [0.2, 0.25) is 0 Å². The van der Waals surface area contributed by atoms with Crippen LogP contribution in [0.3, 0.4) is 0 Å². The Labute approximate surface area is 109 Å². The molecule has 1 aliphatic heterocycles. The second-order valence-electron chi connectivity index (χ2n) is 4.55. The molecule has 0 fully saturated rings. The van der Waals surface area contributed by atoms with Gasteiger partial charge in [-0.15, -0.1) is 11.3 Å². The molecule has 0 unspecified atom stereocenters. The van der Waals surface area contributed by atoms with Gasteiger partial charge >= 0.3 is 0 Å². The number of nitrogens with zero attached hydrogens (tertiary/aromatic N) is 1. The van der Waals surface area contributed by atoms with Crippen LogP contribution in [0.25, 0.3) is 0 Å². The van der Waals surface area contributed by atoms with Gasteiger partial charge in [-0.3, -0.25) is 4.79 Å². The van der Waals surface area contributed by atoms with Crippen LogP contribution >= 0.6 is 23.1 Å². The standard InChI is InChI=1S/C12H14N2OS2/c1-12(2,7-13)14-11(15)10-5-8-6-16-4-3-9(8)17-10/h5H,3-4,6H2,1-2H3,(H,14,15). The molecule has 0 saturated carbocycles. The lowest BCUT2D eigenvalue weighted by Crippen LogP contribution is -2.41. The van der Waals surface area contributed by atoms with Gasteiger partial charge in [0.25, 0.3) is 5.91 Å². The third-order valence-corrected chi connectivity index (χ3v) is 4.80. The molecule has 1 aromatic rings. The van der Waals surface area contributed by atoms with Crippen LogP contribution in [0.5, 0.6) is 0 Å². The largest absolute Gasteiger partial charge is 0.334 e. The average Bonchev–Trinajstić information content (AvgIpc) is 2.72. The molecule has 90 valence electrons. The van der Waals surface area contributed by atoms with Gasteiger partial charge in [0.15, 0.2) is 0 Å². The maximum absolute atomic E-state index is 12.0. The Bertz CT molecular complexity index is 462. The first-order valence-corrected chi connectivity index (χ1v) is 7.42. The Morgan fingerprint density at radius 1 is 1.59 bits per heavy atom. The minimum Gasteiger partial charge on any atom is -0.334 e. The maximum atomic E-state index is 12.0. The number of nitrogens with one attached hydrogen (secondary N) is 1. The molecule has 3 nitrogen and oxygen atoms in total. The lowest BCUT2D eigenvalue weighted by Gasteiger charge is -2.16. The van der Waals surface area contributed by atoms with Crippen molar-refractivity contribution in [2.45, 2.75) is 31.6 Å². The molecule has 1 amide bonds. The van der Waals surface area contributed by atoms with Crippen LogP contribution in [0.4, 0.5) is 0 Å². The molecule has 1 N–H and O–H groups in total. The number of rotatable bonds is 2. The number of carbonyl (C=O) groups excluding carboxylic acids is 1. The fourth-order valence-corrected chi connectivity index (χ4v) is 3.90. The summed E-state index contributed by atoms with van der Waals surface area (Å²) in [7, 11) is 0. The first kappa shape index (κ1) is 12.5. The lowest BCUT2D eigenvalue weighted by atomic mass is 10.1. The van der Waals surface area contributed by atoms with Crippen LogP contribution in [0, 0.1) is 11.3 Å². The van der Waals surface area contributed by atoms with Crippen LogP contribution in [-0.4, -0.2) is 17.2 Å². The number of nitriles is 1. The molecule has 0 spiro atoms. The van der Waals surface area contributed by atoms with Gasteiger partial charge in [0.1, 0.15) is 5.54 Å². The highest BCUT2D eigenvalue weighted by Crippen LogP contribution is 2.31. The van der Waals surface area contributed by atoms with Gasteiger partial charge in [0.2, 0.25) is 0 Å². The van der Waals surface area contributed by atoms with E-state index in [1.165, 1.54) is 10.4 Å². The highest BCUT2D eigenvalue weighted by molar-refractivity contribution is 7.98. The van der Waals surface area contributed by atoms with Gasteiger partial charge in [-0.2, -0.15) is 17.0 Å². The van der Waals surface area contributed by atoms with Gasteiger partial charge in [0, 0.05) is 10.6 Å². The molecule has 0 aliphatic carbocycles. The summed E-state index contributed by atoms with van der Waals surface area (Å²) in [5.41, 5.74) is 0.474. The summed E-state index contributed by atoms with van der Waals surface area (Å²) < 4.78 is 0. The van der Waals surface area contributed by atoms with Gasteiger partial charge < -0.3 is 5.32 Å². The Balaban J connectivity index is 2.15. The minimum absolute atomic E-state index is 0.138. The molecule has 1 aliphatic rings. The molecule has 0 radical (unpaired) electrons. The van der Waals surface area contributed by atoms with E-state index in [-0.39, 0.29) is 5.91 Å². The van der Waals surface area contributed by atoms with Crippen LogP contribution in [-0.2, 0) is 12.2 Å². The van der Waals surface area contributed by atoms with Crippen molar-refractivity contribution in [2.24, 2.45) is 0 Å². The van der Waals surface area contributed by atoms with Gasteiger partial charge in [-0.05, 0) is 37.7 Å².